The van der Waals surface area contributed by atoms with Crippen molar-refractivity contribution in [3.05, 3.63) is 86.7 Å². The second-order valence-corrected chi connectivity index (χ2v) is 6.52. The maximum atomic E-state index is 12.3. The normalized spacial score (nSPS) is 10.5. The van der Waals surface area contributed by atoms with Gasteiger partial charge in [0.05, 0.1) is 12.2 Å². The Kier molecular flexibility index (Phi) is 6.16. The molecule has 0 saturated carbocycles. The van der Waals surface area contributed by atoms with Crippen molar-refractivity contribution in [2.24, 2.45) is 0 Å². The fraction of sp³-hybridized carbons (Fsp3) is 0.182. The Morgan fingerprint density at radius 1 is 1.14 bits per heavy atom. The predicted octanol–water partition coefficient (Wildman–Crippen LogP) is 5.02. The van der Waals surface area contributed by atoms with Gasteiger partial charge in [-0.1, -0.05) is 41.9 Å². The SMILES string of the molecule is CCOC(=O)c1coc(-c2cc(Cl)c(C)cc2OCc2ccccc2)cc1=O. The van der Waals surface area contributed by atoms with E-state index in [2.05, 4.69) is 0 Å². The second-order valence-electron chi connectivity index (χ2n) is 6.11. The van der Waals surface area contributed by atoms with E-state index in [4.69, 9.17) is 25.5 Å². The highest BCUT2D eigenvalue weighted by Crippen LogP contribution is 2.35. The minimum absolute atomic E-state index is 0.157. The van der Waals surface area contributed by atoms with Crippen molar-refractivity contribution in [3.63, 3.8) is 0 Å². The molecule has 0 atom stereocenters. The number of hydrogen-bond acceptors (Lipinski definition) is 5. The lowest BCUT2D eigenvalue weighted by Gasteiger charge is -2.13. The number of halogens is 1. The molecule has 0 N–H and O–H groups in total. The summed E-state index contributed by atoms with van der Waals surface area (Å²) in [5.41, 5.74) is 1.71. The van der Waals surface area contributed by atoms with Crippen LogP contribution >= 0.6 is 11.6 Å². The van der Waals surface area contributed by atoms with Crippen LogP contribution in [0.4, 0.5) is 0 Å². The molecule has 1 heterocycles. The quantitative estimate of drug-likeness (QED) is 0.545. The van der Waals surface area contributed by atoms with Crippen molar-refractivity contribution < 1.29 is 18.7 Å². The van der Waals surface area contributed by atoms with Gasteiger partial charge in [-0.3, -0.25) is 4.79 Å². The zero-order chi connectivity index (χ0) is 20.1. The van der Waals surface area contributed by atoms with E-state index in [1.165, 1.54) is 6.07 Å². The van der Waals surface area contributed by atoms with E-state index < -0.39 is 11.4 Å². The minimum Gasteiger partial charge on any atom is -0.488 e. The standard InChI is InChI=1S/C22H19ClO5/c1-3-26-22(25)17-13-28-21(11-19(17)24)16-10-18(23)14(2)9-20(16)27-12-15-7-5-4-6-8-15/h4-11,13H,3,12H2,1-2H3. The molecule has 1 aromatic heterocycles. The van der Waals surface area contributed by atoms with E-state index in [9.17, 15) is 9.59 Å². The zero-order valence-electron chi connectivity index (χ0n) is 15.5. The van der Waals surface area contributed by atoms with Crippen LogP contribution in [-0.2, 0) is 11.3 Å². The molecule has 0 saturated heterocycles. The number of rotatable bonds is 6. The molecule has 0 amide bonds. The monoisotopic (exact) mass is 398 g/mol. The molecule has 5 nitrogen and oxygen atoms in total. The molecule has 0 radical (unpaired) electrons. The van der Waals surface area contributed by atoms with Crippen molar-refractivity contribution in [1.82, 2.24) is 0 Å². The third-order valence-electron chi connectivity index (χ3n) is 4.09. The van der Waals surface area contributed by atoms with Gasteiger partial charge in [-0.05, 0) is 37.1 Å². The maximum absolute atomic E-state index is 12.3. The summed E-state index contributed by atoms with van der Waals surface area (Å²) in [6.45, 7) is 4.05. The molecule has 0 aliphatic heterocycles. The average Bonchev–Trinajstić information content (AvgIpc) is 2.69. The number of carbonyl (C=O) groups excluding carboxylic acids is 1. The van der Waals surface area contributed by atoms with Gasteiger partial charge in [0.25, 0.3) is 0 Å². The first kappa shape index (κ1) is 19.7. The molecular weight excluding hydrogens is 380 g/mol. The Hall–Kier alpha value is -3.05. The van der Waals surface area contributed by atoms with Crippen LogP contribution in [0, 0.1) is 6.92 Å². The number of ether oxygens (including phenoxy) is 2. The number of benzene rings is 2. The van der Waals surface area contributed by atoms with Gasteiger partial charge in [0.1, 0.15) is 29.9 Å². The third-order valence-corrected chi connectivity index (χ3v) is 4.50. The summed E-state index contributed by atoms with van der Waals surface area (Å²) in [6, 6.07) is 14.4. The van der Waals surface area contributed by atoms with Crippen molar-refractivity contribution in [3.8, 4) is 17.1 Å². The fourth-order valence-corrected chi connectivity index (χ4v) is 2.78. The summed E-state index contributed by atoms with van der Waals surface area (Å²) >= 11 is 6.27. The largest absolute Gasteiger partial charge is 0.488 e. The van der Waals surface area contributed by atoms with Crippen molar-refractivity contribution in [2.75, 3.05) is 6.61 Å². The van der Waals surface area contributed by atoms with Gasteiger partial charge in [-0.2, -0.15) is 0 Å². The van der Waals surface area contributed by atoms with Crippen LogP contribution in [0.1, 0.15) is 28.4 Å². The van der Waals surface area contributed by atoms with E-state index in [1.54, 1.807) is 19.1 Å². The lowest BCUT2D eigenvalue weighted by molar-refractivity contribution is 0.0522. The van der Waals surface area contributed by atoms with Gasteiger partial charge in [0, 0.05) is 11.1 Å². The second kappa shape index (κ2) is 8.76. The molecule has 0 aliphatic rings. The number of esters is 1. The minimum atomic E-state index is -0.717. The summed E-state index contributed by atoms with van der Waals surface area (Å²) in [7, 11) is 0. The topological polar surface area (TPSA) is 65.7 Å². The fourth-order valence-electron chi connectivity index (χ4n) is 2.61. The summed E-state index contributed by atoms with van der Waals surface area (Å²) in [4.78, 5) is 24.1. The van der Waals surface area contributed by atoms with Crippen LogP contribution < -0.4 is 10.2 Å². The third kappa shape index (κ3) is 4.43. The summed E-state index contributed by atoms with van der Waals surface area (Å²) in [5.74, 6) is 0.0612. The first-order valence-electron chi connectivity index (χ1n) is 8.76. The van der Waals surface area contributed by atoms with Crippen LogP contribution in [0.2, 0.25) is 5.02 Å². The van der Waals surface area contributed by atoms with E-state index in [0.29, 0.717) is 22.9 Å². The smallest absolute Gasteiger partial charge is 0.345 e. The molecule has 0 aliphatic carbocycles. The van der Waals surface area contributed by atoms with Gasteiger partial charge in [0.2, 0.25) is 0 Å². The average molecular weight is 399 g/mol. The van der Waals surface area contributed by atoms with Gasteiger partial charge in [-0.25, -0.2) is 4.79 Å². The predicted molar refractivity (Wildman–Crippen MR) is 107 cm³/mol. The van der Waals surface area contributed by atoms with Crippen LogP contribution in [-0.4, -0.2) is 12.6 Å². The molecular formula is C22H19ClO5. The van der Waals surface area contributed by atoms with Crippen molar-refractivity contribution in [2.45, 2.75) is 20.5 Å². The summed E-state index contributed by atoms with van der Waals surface area (Å²) in [5, 5.41) is 0.513. The van der Waals surface area contributed by atoms with E-state index in [-0.39, 0.29) is 17.9 Å². The van der Waals surface area contributed by atoms with Gasteiger partial charge in [0.15, 0.2) is 5.43 Å². The van der Waals surface area contributed by atoms with Crippen LogP contribution in [0.25, 0.3) is 11.3 Å². The highest BCUT2D eigenvalue weighted by molar-refractivity contribution is 6.31. The Morgan fingerprint density at radius 3 is 2.57 bits per heavy atom. The lowest BCUT2D eigenvalue weighted by Crippen LogP contribution is -2.16. The number of aryl methyl sites for hydroxylation is 1. The summed E-state index contributed by atoms with van der Waals surface area (Å²) in [6.07, 6.45) is 1.10. The highest BCUT2D eigenvalue weighted by Gasteiger charge is 2.17. The van der Waals surface area contributed by atoms with E-state index in [0.717, 1.165) is 17.4 Å². The van der Waals surface area contributed by atoms with Crippen molar-refractivity contribution in [1.29, 1.82) is 0 Å². The Balaban J connectivity index is 1.96. The van der Waals surface area contributed by atoms with Crippen LogP contribution in [0.3, 0.4) is 0 Å². The zero-order valence-corrected chi connectivity index (χ0v) is 16.3. The molecule has 0 fully saturated rings. The maximum Gasteiger partial charge on any atom is 0.345 e. The molecule has 144 valence electrons. The molecule has 0 bridgehead atoms. The van der Waals surface area contributed by atoms with Gasteiger partial charge in [-0.15, -0.1) is 0 Å². The van der Waals surface area contributed by atoms with Gasteiger partial charge >= 0.3 is 5.97 Å². The first-order valence-corrected chi connectivity index (χ1v) is 9.14. The first-order chi connectivity index (χ1) is 13.5. The number of hydrogen-bond donors (Lipinski definition) is 0. The Labute approximate surface area is 167 Å². The van der Waals surface area contributed by atoms with E-state index >= 15 is 0 Å². The molecule has 0 spiro atoms. The molecule has 3 aromatic rings. The molecule has 0 unspecified atom stereocenters. The van der Waals surface area contributed by atoms with Crippen molar-refractivity contribution >= 4 is 17.6 Å². The summed E-state index contributed by atoms with van der Waals surface area (Å²) < 4.78 is 16.4. The molecule has 6 heteroatoms. The van der Waals surface area contributed by atoms with Crippen LogP contribution in [0.5, 0.6) is 5.75 Å². The molecule has 2 aromatic carbocycles. The highest BCUT2D eigenvalue weighted by atomic mass is 35.5. The van der Waals surface area contributed by atoms with E-state index in [1.807, 2.05) is 37.3 Å². The lowest BCUT2D eigenvalue weighted by atomic mass is 10.1. The Morgan fingerprint density at radius 2 is 1.89 bits per heavy atom. The molecule has 3 rings (SSSR count). The molecule has 28 heavy (non-hydrogen) atoms. The van der Waals surface area contributed by atoms with Crippen LogP contribution in [0.15, 0.2) is 64.0 Å². The number of carbonyl (C=O) groups is 1. The van der Waals surface area contributed by atoms with Gasteiger partial charge < -0.3 is 13.9 Å². The Bertz CT molecular complexity index is 1040.